The Morgan fingerprint density at radius 3 is 1.64 bits per heavy atom. The van der Waals surface area contributed by atoms with Gasteiger partial charge >= 0.3 is 41.8 Å². The third-order valence-corrected chi connectivity index (χ3v) is 7.92. The van der Waals surface area contributed by atoms with Crippen LogP contribution < -0.4 is 0 Å². The zero-order chi connectivity index (χ0) is 41.7. The number of ketones is 1. The van der Waals surface area contributed by atoms with E-state index in [2.05, 4.69) is 10.3 Å². The van der Waals surface area contributed by atoms with E-state index in [4.69, 9.17) is 52.1 Å². The van der Waals surface area contributed by atoms with E-state index in [1.807, 2.05) is 0 Å². The molecule has 0 aliphatic carbocycles. The fourth-order valence-corrected chi connectivity index (χ4v) is 5.82. The number of methoxy groups -OCH3 is 1. The average Bonchev–Trinajstić information content (AvgIpc) is 3.53. The van der Waals surface area contributed by atoms with Crippen molar-refractivity contribution in [3.63, 3.8) is 0 Å². The largest absolute Gasteiger partial charge is 0.463 e. The molecule has 3 heterocycles. The van der Waals surface area contributed by atoms with Crippen molar-refractivity contribution in [2.75, 3.05) is 20.3 Å². The van der Waals surface area contributed by atoms with Crippen molar-refractivity contribution in [3.05, 3.63) is 11.9 Å². The molecule has 56 heavy (non-hydrogen) atoms. The lowest BCUT2D eigenvalue weighted by Crippen LogP contribution is -2.63. The lowest BCUT2D eigenvalue weighted by molar-refractivity contribution is -0.307. The van der Waals surface area contributed by atoms with E-state index in [1.54, 1.807) is 0 Å². The fourth-order valence-electron chi connectivity index (χ4n) is 5.82. The molecule has 0 saturated carbocycles. The molecule has 0 N–H and O–H groups in total. The molecule has 2 saturated heterocycles. The van der Waals surface area contributed by atoms with Crippen LogP contribution in [0.1, 0.15) is 67.0 Å². The van der Waals surface area contributed by atoms with Gasteiger partial charge in [-0.05, 0) is 6.92 Å². The Balaban J connectivity index is 1.83. The normalized spacial score (nSPS) is 27.2. The maximum atomic E-state index is 12.8. The first-order valence-electron chi connectivity index (χ1n) is 17.4. The summed E-state index contributed by atoms with van der Waals surface area (Å²) in [5.41, 5.74) is 0.346. The lowest BCUT2D eigenvalue weighted by atomic mass is 9.97. The zero-order valence-corrected chi connectivity index (χ0v) is 32.2. The average molecular weight is 802 g/mol. The third kappa shape index (κ3) is 13.9. The van der Waals surface area contributed by atoms with E-state index in [0.717, 1.165) is 41.5 Å². The Bertz CT molecular complexity index is 1580. The first kappa shape index (κ1) is 45.3. The number of hydrogen-bond donors (Lipinski definition) is 0. The van der Waals surface area contributed by atoms with Gasteiger partial charge < -0.3 is 56.9 Å². The topological polar surface area (TPSA) is 269 Å². The SMILES string of the molecule is CO[C@H]1O[C@H](Cn2cc(CCO[C@H]3O[C@H](COC(C)=O)[C@H](OC(C)=O)[C@H](OC(C)=O)[C@H]3OC(C)=O)nn2)[C@@H](OC(=O)CCC(C)=O)[C@H](OC(C)=O)[C@H]1OC(C)=O. The summed E-state index contributed by atoms with van der Waals surface area (Å²) in [6, 6.07) is 0. The number of ether oxygens (including phenoxy) is 11. The van der Waals surface area contributed by atoms with Crippen molar-refractivity contribution in [3.8, 4) is 0 Å². The summed E-state index contributed by atoms with van der Waals surface area (Å²) >= 11 is 0. The van der Waals surface area contributed by atoms with Gasteiger partial charge in [-0.2, -0.15) is 0 Å². The number of carbonyl (C=O) groups is 8. The van der Waals surface area contributed by atoms with Crippen molar-refractivity contribution >= 4 is 47.6 Å². The monoisotopic (exact) mass is 801 g/mol. The first-order valence-corrected chi connectivity index (χ1v) is 17.4. The van der Waals surface area contributed by atoms with Gasteiger partial charge in [0.25, 0.3) is 0 Å². The van der Waals surface area contributed by atoms with E-state index >= 15 is 0 Å². The predicted octanol–water partition coefficient (Wildman–Crippen LogP) is -0.564. The highest BCUT2D eigenvalue weighted by Gasteiger charge is 2.54. The molecule has 0 bridgehead atoms. The van der Waals surface area contributed by atoms with Crippen molar-refractivity contribution < 1.29 is 90.5 Å². The molecular formula is C34H47N3O19. The van der Waals surface area contributed by atoms with Gasteiger partial charge in [-0.1, -0.05) is 5.21 Å². The number of nitrogens with zero attached hydrogens (tertiary/aromatic N) is 3. The molecule has 2 fully saturated rings. The Labute approximate surface area is 320 Å². The summed E-state index contributed by atoms with van der Waals surface area (Å²) in [6.45, 7) is 7.21. The Morgan fingerprint density at radius 2 is 1.12 bits per heavy atom. The molecule has 22 heteroatoms. The number of carbonyl (C=O) groups excluding carboxylic acids is 8. The molecule has 1 aromatic heterocycles. The summed E-state index contributed by atoms with van der Waals surface area (Å²) in [5.74, 6) is -5.69. The summed E-state index contributed by atoms with van der Waals surface area (Å²) in [7, 11) is 1.27. The second kappa shape index (κ2) is 21.3. The van der Waals surface area contributed by atoms with Gasteiger partial charge in [0, 0.05) is 67.7 Å². The lowest BCUT2D eigenvalue weighted by Gasteiger charge is -2.44. The Morgan fingerprint density at radius 1 is 0.625 bits per heavy atom. The maximum absolute atomic E-state index is 12.8. The summed E-state index contributed by atoms with van der Waals surface area (Å²) in [6.07, 6.45) is -12.2. The molecule has 2 aliphatic heterocycles. The molecule has 3 rings (SSSR count). The molecule has 0 radical (unpaired) electrons. The van der Waals surface area contributed by atoms with Crippen molar-refractivity contribution in [1.29, 1.82) is 0 Å². The van der Waals surface area contributed by atoms with Gasteiger partial charge in [0.2, 0.25) is 0 Å². The molecular weight excluding hydrogens is 754 g/mol. The molecule has 22 nitrogen and oxygen atoms in total. The van der Waals surface area contributed by atoms with Crippen LogP contribution in [0.25, 0.3) is 0 Å². The molecule has 0 spiro atoms. The highest BCUT2D eigenvalue weighted by atomic mass is 16.7. The van der Waals surface area contributed by atoms with E-state index in [9.17, 15) is 38.4 Å². The molecule has 0 unspecified atom stereocenters. The molecule has 0 amide bonds. The van der Waals surface area contributed by atoms with E-state index in [0.29, 0.717) is 5.69 Å². The van der Waals surface area contributed by atoms with Crippen LogP contribution in [0.4, 0.5) is 0 Å². The molecule has 0 aromatic carbocycles. The molecule has 312 valence electrons. The minimum absolute atomic E-state index is 0.0626. The zero-order valence-electron chi connectivity index (χ0n) is 32.2. The maximum Gasteiger partial charge on any atom is 0.306 e. The minimum atomic E-state index is -1.43. The Hall–Kier alpha value is -5.06. The van der Waals surface area contributed by atoms with Crippen LogP contribution in [-0.4, -0.2) is 144 Å². The highest BCUT2D eigenvalue weighted by Crippen LogP contribution is 2.32. The van der Waals surface area contributed by atoms with Gasteiger partial charge in [-0.15, -0.1) is 5.10 Å². The molecule has 2 aliphatic rings. The standard InChI is InChI=1S/C34H47N3O19/c1-16(38)9-10-26(45)56-27-24(54-33(46-8)31(52-21(6)43)29(27)50-19(4)41)14-37-13-23(35-36-37)11-12-47-34-32(53-22(7)44)30(51-20(5)42)28(49-18(3)40)25(55-34)15-48-17(2)39/h13,24-25,27-34H,9-12,14-15H2,1-8H3/t24-,25-,27-,28+,29+,30+,31-,32-,33+,34+/m1/s1. The highest BCUT2D eigenvalue weighted by molar-refractivity contribution is 5.81. The summed E-state index contributed by atoms with van der Waals surface area (Å²) < 4.78 is 62.4. The van der Waals surface area contributed by atoms with Gasteiger partial charge in [-0.3, -0.25) is 33.6 Å². The van der Waals surface area contributed by atoms with Gasteiger partial charge in [-0.25, -0.2) is 4.68 Å². The van der Waals surface area contributed by atoms with Crippen molar-refractivity contribution in [1.82, 2.24) is 15.0 Å². The van der Waals surface area contributed by atoms with Crippen LogP contribution in [0, 0.1) is 0 Å². The Kier molecular flexibility index (Phi) is 17.2. The first-order chi connectivity index (χ1) is 26.4. The van der Waals surface area contributed by atoms with Crippen LogP contribution >= 0.6 is 0 Å². The van der Waals surface area contributed by atoms with Crippen LogP contribution in [0.5, 0.6) is 0 Å². The third-order valence-electron chi connectivity index (χ3n) is 7.92. The van der Waals surface area contributed by atoms with Crippen LogP contribution in [0.15, 0.2) is 6.20 Å². The van der Waals surface area contributed by atoms with Crippen molar-refractivity contribution in [2.45, 2.75) is 136 Å². The number of esters is 7. The number of aromatic nitrogens is 3. The van der Waals surface area contributed by atoms with Crippen LogP contribution in [0.2, 0.25) is 0 Å². The smallest absolute Gasteiger partial charge is 0.306 e. The summed E-state index contributed by atoms with van der Waals surface area (Å²) in [4.78, 5) is 96.3. The number of hydrogen-bond acceptors (Lipinski definition) is 21. The summed E-state index contributed by atoms with van der Waals surface area (Å²) in [5, 5.41) is 8.23. The van der Waals surface area contributed by atoms with E-state index < -0.39 is 110 Å². The number of rotatable bonds is 18. The van der Waals surface area contributed by atoms with Gasteiger partial charge in [0.15, 0.2) is 49.2 Å². The number of Topliss-reactive ketones (excluding diaryl/α,β-unsaturated/α-hetero) is 1. The van der Waals surface area contributed by atoms with Crippen LogP contribution in [-0.2, 0) is 103 Å². The van der Waals surface area contributed by atoms with E-state index in [-0.39, 0.29) is 38.2 Å². The molecule has 1 aromatic rings. The predicted molar refractivity (Wildman–Crippen MR) is 178 cm³/mol. The second-order valence-corrected chi connectivity index (χ2v) is 12.7. The molecule has 10 atom stereocenters. The fraction of sp³-hybridized carbons (Fsp3) is 0.706. The van der Waals surface area contributed by atoms with Crippen LogP contribution in [0.3, 0.4) is 0 Å². The minimum Gasteiger partial charge on any atom is -0.463 e. The second-order valence-electron chi connectivity index (χ2n) is 12.7. The van der Waals surface area contributed by atoms with Crippen molar-refractivity contribution in [2.24, 2.45) is 0 Å². The van der Waals surface area contributed by atoms with E-state index in [1.165, 1.54) is 24.9 Å². The van der Waals surface area contributed by atoms with Gasteiger partial charge in [0.05, 0.1) is 25.3 Å². The van der Waals surface area contributed by atoms with Gasteiger partial charge in [0.1, 0.15) is 24.6 Å². The quantitative estimate of drug-likeness (QED) is 0.133.